The third-order valence-electron chi connectivity index (χ3n) is 6.10. The van der Waals surface area contributed by atoms with Crippen molar-refractivity contribution in [3.05, 3.63) is 103 Å². The molecule has 0 unspecified atom stereocenters. The van der Waals surface area contributed by atoms with E-state index in [9.17, 15) is 22.8 Å². The highest BCUT2D eigenvalue weighted by Crippen LogP contribution is 2.33. The quantitative estimate of drug-likeness (QED) is 0.295. The molecule has 0 aliphatic carbocycles. The van der Waals surface area contributed by atoms with Crippen molar-refractivity contribution in [1.82, 2.24) is 28.9 Å². The average Bonchev–Trinajstić information content (AvgIpc) is 3.32. The van der Waals surface area contributed by atoms with Crippen LogP contribution in [-0.4, -0.2) is 36.0 Å². The number of fused-ring (bicyclic) bond motifs is 1. The van der Waals surface area contributed by atoms with Crippen molar-refractivity contribution >= 4 is 22.5 Å². The number of methoxy groups -OCH3 is 1. The normalized spacial score (nSPS) is 11.4. The Bertz CT molecular complexity index is 1860. The summed E-state index contributed by atoms with van der Waals surface area (Å²) in [4.78, 5) is 36.0. The minimum atomic E-state index is -1.63. The van der Waals surface area contributed by atoms with Crippen molar-refractivity contribution in [2.24, 2.45) is 7.05 Å². The monoisotopic (exact) mass is 556 g/mol. The minimum absolute atomic E-state index is 0.0172. The summed E-state index contributed by atoms with van der Waals surface area (Å²) in [7, 11) is 2.98. The zero-order valence-corrected chi connectivity index (χ0v) is 21.6. The highest BCUT2D eigenvalue weighted by molar-refractivity contribution is 6.33. The van der Waals surface area contributed by atoms with Crippen LogP contribution in [0.4, 0.5) is 13.2 Å². The van der Waals surface area contributed by atoms with Crippen LogP contribution < -0.4 is 16.0 Å². The molecule has 0 saturated heterocycles. The molecule has 0 spiro atoms. The number of rotatable bonds is 6. The molecule has 0 aliphatic rings. The van der Waals surface area contributed by atoms with Crippen LogP contribution in [0.1, 0.15) is 17.1 Å². The Morgan fingerprint density at radius 1 is 1.00 bits per heavy atom. The largest absolute Gasteiger partial charge is 0.496 e. The van der Waals surface area contributed by atoms with E-state index in [0.29, 0.717) is 22.0 Å². The van der Waals surface area contributed by atoms with E-state index in [1.54, 1.807) is 32.2 Å². The number of halogens is 4. The van der Waals surface area contributed by atoms with E-state index in [1.807, 2.05) is 0 Å². The van der Waals surface area contributed by atoms with Gasteiger partial charge >= 0.3 is 5.69 Å². The number of hydrogen-bond acceptors (Lipinski definition) is 6. The maximum atomic E-state index is 14.1. The average molecular weight is 557 g/mol. The van der Waals surface area contributed by atoms with Gasteiger partial charge in [-0.1, -0.05) is 11.6 Å². The SMILES string of the molecule is COc1cc(-c2nc(C)ccc2Cl)cc2c1c(=O)n(Cc1ncn(C)n1)c(=O)n2Cc1cc(F)c(F)c(F)c1. The first-order valence-electron chi connectivity index (χ1n) is 11.5. The first kappa shape index (κ1) is 26.2. The number of hydrogen-bond donors (Lipinski definition) is 0. The molecule has 0 atom stereocenters. The van der Waals surface area contributed by atoms with E-state index in [1.165, 1.54) is 24.2 Å². The summed E-state index contributed by atoms with van der Waals surface area (Å²) in [5.41, 5.74) is 0.00908. The van der Waals surface area contributed by atoms with Gasteiger partial charge in [0.05, 0.1) is 36.4 Å². The highest BCUT2D eigenvalue weighted by Gasteiger charge is 2.22. The van der Waals surface area contributed by atoms with E-state index in [-0.39, 0.29) is 34.6 Å². The van der Waals surface area contributed by atoms with Crippen LogP contribution in [0.2, 0.25) is 5.02 Å². The summed E-state index contributed by atoms with van der Waals surface area (Å²) in [6.45, 7) is 1.09. The molecule has 13 heteroatoms. The fourth-order valence-corrected chi connectivity index (χ4v) is 4.53. The van der Waals surface area contributed by atoms with Gasteiger partial charge in [0, 0.05) is 18.3 Å². The molecule has 0 saturated carbocycles. The number of nitrogens with zero attached hydrogens (tertiary/aromatic N) is 6. The van der Waals surface area contributed by atoms with E-state index in [0.717, 1.165) is 21.3 Å². The second-order valence-corrected chi connectivity index (χ2v) is 9.23. The molecule has 200 valence electrons. The molecule has 39 heavy (non-hydrogen) atoms. The smallest absolute Gasteiger partial charge is 0.332 e. The number of pyridine rings is 1. The zero-order valence-electron chi connectivity index (χ0n) is 20.9. The van der Waals surface area contributed by atoms with Crippen molar-refractivity contribution in [1.29, 1.82) is 0 Å². The van der Waals surface area contributed by atoms with Gasteiger partial charge in [0.25, 0.3) is 5.56 Å². The predicted octanol–water partition coefficient (Wildman–Crippen LogP) is 3.84. The Hall–Kier alpha value is -4.45. The zero-order chi connectivity index (χ0) is 28.0. The van der Waals surface area contributed by atoms with Crippen LogP contribution >= 0.6 is 11.6 Å². The molecule has 0 bridgehead atoms. The summed E-state index contributed by atoms with van der Waals surface area (Å²) >= 11 is 6.40. The van der Waals surface area contributed by atoms with Crippen molar-refractivity contribution < 1.29 is 17.9 Å². The van der Waals surface area contributed by atoms with Crippen molar-refractivity contribution in [2.45, 2.75) is 20.0 Å². The lowest BCUT2D eigenvalue weighted by Gasteiger charge is -2.17. The summed E-state index contributed by atoms with van der Waals surface area (Å²) in [6.07, 6.45) is 1.41. The van der Waals surface area contributed by atoms with Gasteiger partial charge in [0.2, 0.25) is 0 Å². The number of aryl methyl sites for hydroxylation is 2. The van der Waals surface area contributed by atoms with Gasteiger partial charge in [-0.25, -0.2) is 22.9 Å². The fraction of sp³-hybridized carbons (Fsp3) is 0.192. The Morgan fingerprint density at radius 3 is 2.36 bits per heavy atom. The molecule has 5 aromatic rings. The van der Waals surface area contributed by atoms with Gasteiger partial charge in [-0.15, -0.1) is 0 Å². The van der Waals surface area contributed by atoms with Gasteiger partial charge in [0.1, 0.15) is 17.5 Å². The maximum Gasteiger partial charge on any atom is 0.332 e. The van der Waals surface area contributed by atoms with Crippen LogP contribution in [0.15, 0.2) is 52.3 Å². The lowest BCUT2D eigenvalue weighted by atomic mass is 10.1. The van der Waals surface area contributed by atoms with Crippen LogP contribution in [0, 0.1) is 24.4 Å². The summed E-state index contributed by atoms with van der Waals surface area (Å²) in [5, 5.41) is 4.46. The Morgan fingerprint density at radius 2 is 1.72 bits per heavy atom. The third kappa shape index (κ3) is 4.78. The van der Waals surface area contributed by atoms with Crippen LogP contribution in [0.5, 0.6) is 5.75 Å². The molecular formula is C26H20ClF3N6O3. The Labute approximate surface area is 223 Å². The molecule has 9 nitrogen and oxygen atoms in total. The van der Waals surface area contributed by atoms with Gasteiger partial charge in [0.15, 0.2) is 23.3 Å². The second-order valence-electron chi connectivity index (χ2n) is 8.82. The Kier molecular flexibility index (Phi) is 6.73. The fourth-order valence-electron chi connectivity index (χ4n) is 4.31. The predicted molar refractivity (Wildman–Crippen MR) is 138 cm³/mol. The van der Waals surface area contributed by atoms with Crippen molar-refractivity contribution in [3.63, 3.8) is 0 Å². The summed E-state index contributed by atoms with van der Waals surface area (Å²) in [6, 6.07) is 8.03. The van der Waals surface area contributed by atoms with Gasteiger partial charge in [-0.3, -0.25) is 23.6 Å². The molecule has 3 heterocycles. The Balaban J connectivity index is 1.83. The van der Waals surface area contributed by atoms with Gasteiger partial charge in [-0.05, 0) is 48.9 Å². The molecule has 0 N–H and O–H groups in total. The van der Waals surface area contributed by atoms with E-state index in [2.05, 4.69) is 15.1 Å². The van der Waals surface area contributed by atoms with E-state index < -0.39 is 35.2 Å². The highest BCUT2D eigenvalue weighted by atomic mass is 35.5. The lowest BCUT2D eigenvalue weighted by Crippen LogP contribution is -2.41. The van der Waals surface area contributed by atoms with E-state index >= 15 is 0 Å². The summed E-state index contributed by atoms with van der Waals surface area (Å²) < 4.78 is 50.7. The van der Waals surface area contributed by atoms with Crippen LogP contribution in [0.25, 0.3) is 22.2 Å². The van der Waals surface area contributed by atoms with E-state index in [4.69, 9.17) is 16.3 Å². The number of benzene rings is 2. The van der Waals surface area contributed by atoms with Crippen LogP contribution in [-0.2, 0) is 20.1 Å². The minimum Gasteiger partial charge on any atom is -0.496 e. The first-order chi connectivity index (χ1) is 18.6. The van der Waals surface area contributed by atoms with Crippen molar-refractivity contribution in [2.75, 3.05) is 7.11 Å². The molecule has 5 rings (SSSR count). The van der Waals surface area contributed by atoms with Gasteiger partial charge < -0.3 is 4.74 Å². The standard InChI is InChI=1S/C26H20ClF3N6O3/c1-13-4-5-16(27)24(32-13)15-8-19-22(20(9-15)39-3)25(37)36(11-21-31-12-34(2)33-21)26(38)35(19)10-14-6-17(28)23(30)18(29)7-14/h4-9,12H,10-11H2,1-3H3. The number of ether oxygens (including phenoxy) is 1. The van der Waals surface area contributed by atoms with Gasteiger partial charge in [-0.2, -0.15) is 5.10 Å². The van der Waals surface area contributed by atoms with Crippen molar-refractivity contribution in [3.8, 4) is 17.0 Å². The molecule has 0 amide bonds. The molecule has 0 aliphatic heterocycles. The topological polar surface area (TPSA) is 96.8 Å². The molecule has 0 radical (unpaired) electrons. The maximum absolute atomic E-state index is 14.1. The molecular weight excluding hydrogens is 537 g/mol. The lowest BCUT2D eigenvalue weighted by molar-refractivity contribution is 0.418. The number of aromatic nitrogens is 6. The molecule has 0 fully saturated rings. The summed E-state index contributed by atoms with van der Waals surface area (Å²) in [5.74, 6) is -4.16. The molecule has 3 aromatic heterocycles. The van der Waals surface area contributed by atoms with Crippen LogP contribution in [0.3, 0.4) is 0 Å². The second kappa shape index (κ2) is 10.0. The molecule has 2 aromatic carbocycles. The third-order valence-corrected chi connectivity index (χ3v) is 6.41. The first-order valence-corrected chi connectivity index (χ1v) is 11.9.